The minimum Gasteiger partial charge on any atom is -0.326 e. The average Bonchev–Trinajstić information content (AvgIpc) is 2.95. The molecule has 0 aliphatic carbocycles. The molecule has 0 aliphatic rings. The summed E-state index contributed by atoms with van der Waals surface area (Å²) in [6, 6.07) is 6.77. The molecule has 0 fully saturated rings. The van der Waals surface area contributed by atoms with Crippen LogP contribution in [0.3, 0.4) is 0 Å². The van der Waals surface area contributed by atoms with Crippen LogP contribution in [0.15, 0.2) is 24.3 Å². The van der Waals surface area contributed by atoms with Gasteiger partial charge < -0.3 is 5.32 Å². The topological polar surface area (TPSA) is 84.0 Å². The normalized spacial score (nSPS) is 10.3. The van der Waals surface area contributed by atoms with E-state index in [-0.39, 0.29) is 11.8 Å². The van der Waals surface area contributed by atoms with E-state index < -0.39 is 0 Å². The molecule has 2 amide bonds. The maximum atomic E-state index is 12.2. The molecule has 0 bridgehead atoms. The van der Waals surface area contributed by atoms with Gasteiger partial charge in [0, 0.05) is 24.1 Å². The maximum absolute atomic E-state index is 12.2. The minimum atomic E-state index is -0.240. The molecule has 1 heterocycles. The molecule has 23 heavy (non-hydrogen) atoms. The first kappa shape index (κ1) is 17.1. The first-order valence-corrected chi connectivity index (χ1v) is 8.47. The first-order chi connectivity index (χ1) is 11.1. The fourth-order valence-electron chi connectivity index (χ4n) is 1.94. The van der Waals surface area contributed by atoms with Gasteiger partial charge in [-0.05, 0) is 37.1 Å². The fourth-order valence-corrected chi connectivity index (χ4v) is 2.78. The summed E-state index contributed by atoms with van der Waals surface area (Å²) in [6.07, 6.45) is 3.14. The monoisotopic (exact) mass is 332 g/mol. The van der Waals surface area contributed by atoms with E-state index in [0.717, 1.165) is 24.3 Å². The summed E-state index contributed by atoms with van der Waals surface area (Å²) in [5.41, 5.74) is 1.19. The van der Waals surface area contributed by atoms with Crippen LogP contribution in [-0.4, -0.2) is 22.0 Å². The molecule has 122 valence electrons. The average molecular weight is 332 g/mol. The number of benzene rings is 1. The van der Waals surface area contributed by atoms with Crippen molar-refractivity contribution in [3.8, 4) is 0 Å². The Bertz CT molecular complexity index is 667. The van der Waals surface area contributed by atoms with Gasteiger partial charge in [-0.3, -0.25) is 14.9 Å². The van der Waals surface area contributed by atoms with Crippen LogP contribution in [0.25, 0.3) is 0 Å². The highest BCUT2D eigenvalue weighted by molar-refractivity contribution is 7.15. The van der Waals surface area contributed by atoms with Gasteiger partial charge >= 0.3 is 0 Å². The fraction of sp³-hybridized carbons (Fsp3) is 0.375. The number of hydrogen-bond donors (Lipinski definition) is 2. The Morgan fingerprint density at radius 2 is 1.78 bits per heavy atom. The van der Waals surface area contributed by atoms with Gasteiger partial charge in [0.1, 0.15) is 5.01 Å². The molecule has 1 aromatic heterocycles. The summed E-state index contributed by atoms with van der Waals surface area (Å²) in [5.74, 6) is -0.266. The van der Waals surface area contributed by atoms with E-state index in [1.807, 2.05) is 6.92 Å². The highest BCUT2D eigenvalue weighted by Crippen LogP contribution is 2.18. The van der Waals surface area contributed by atoms with Gasteiger partial charge in [0.2, 0.25) is 11.0 Å². The molecule has 0 saturated carbocycles. The quantitative estimate of drug-likeness (QED) is 0.813. The Hall–Kier alpha value is -2.28. The zero-order valence-electron chi connectivity index (χ0n) is 13.3. The summed E-state index contributed by atoms with van der Waals surface area (Å²) in [5, 5.41) is 14.9. The van der Waals surface area contributed by atoms with E-state index in [9.17, 15) is 9.59 Å². The number of carbonyl (C=O) groups is 2. The van der Waals surface area contributed by atoms with E-state index >= 15 is 0 Å². The van der Waals surface area contributed by atoms with Crippen molar-refractivity contribution in [3.05, 3.63) is 34.8 Å². The number of aromatic nitrogens is 2. The lowest BCUT2D eigenvalue weighted by Crippen LogP contribution is -2.13. The van der Waals surface area contributed by atoms with Gasteiger partial charge in [-0.25, -0.2) is 0 Å². The number of aryl methyl sites for hydroxylation is 1. The van der Waals surface area contributed by atoms with Crippen molar-refractivity contribution in [2.45, 2.75) is 39.5 Å². The highest BCUT2D eigenvalue weighted by atomic mass is 32.1. The zero-order chi connectivity index (χ0) is 16.7. The van der Waals surface area contributed by atoms with Crippen LogP contribution in [0.2, 0.25) is 0 Å². The van der Waals surface area contributed by atoms with E-state index in [1.165, 1.54) is 11.3 Å². The third-order valence-electron chi connectivity index (χ3n) is 3.06. The predicted octanol–water partition coefficient (Wildman–Crippen LogP) is 3.48. The van der Waals surface area contributed by atoms with Crippen LogP contribution in [0.5, 0.6) is 0 Å². The van der Waals surface area contributed by atoms with Crippen molar-refractivity contribution in [2.75, 3.05) is 10.6 Å². The maximum Gasteiger partial charge on any atom is 0.257 e. The van der Waals surface area contributed by atoms with Crippen LogP contribution < -0.4 is 10.6 Å². The number of amides is 2. The second-order valence-corrected chi connectivity index (χ2v) is 6.14. The van der Waals surface area contributed by atoms with E-state index in [1.54, 1.807) is 24.3 Å². The number of carbonyl (C=O) groups excluding carboxylic acids is 2. The summed E-state index contributed by atoms with van der Waals surface area (Å²) in [7, 11) is 0. The lowest BCUT2D eigenvalue weighted by atomic mass is 10.2. The number of anilines is 2. The van der Waals surface area contributed by atoms with Crippen molar-refractivity contribution in [1.82, 2.24) is 10.2 Å². The number of nitrogens with zero attached hydrogens (tertiary/aromatic N) is 2. The van der Waals surface area contributed by atoms with E-state index in [2.05, 4.69) is 27.8 Å². The molecule has 0 atom stereocenters. The van der Waals surface area contributed by atoms with Gasteiger partial charge in [0.25, 0.3) is 5.91 Å². The Labute approximate surface area is 139 Å². The Morgan fingerprint density at radius 1 is 1.04 bits per heavy atom. The summed E-state index contributed by atoms with van der Waals surface area (Å²) in [6.45, 7) is 4.02. The highest BCUT2D eigenvalue weighted by Gasteiger charge is 2.10. The second kappa shape index (κ2) is 8.38. The third-order valence-corrected chi connectivity index (χ3v) is 3.96. The SMILES string of the molecule is CCCC(=O)Nc1ccc(C(=O)Nc2nnc(CCC)s2)cc1. The van der Waals surface area contributed by atoms with Gasteiger partial charge in [0.05, 0.1) is 0 Å². The predicted molar refractivity (Wildman–Crippen MR) is 91.8 cm³/mol. The molecule has 2 N–H and O–H groups in total. The van der Waals surface area contributed by atoms with Crippen LogP contribution in [0, 0.1) is 0 Å². The smallest absolute Gasteiger partial charge is 0.257 e. The summed E-state index contributed by atoms with van der Waals surface area (Å²) < 4.78 is 0. The van der Waals surface area contributed by atoms with Crippen LogP contribution in [0.4, 0.5) is 10.8 Å². The molecule has 0 spiro atoms. The molecule has 0 radical (unpaired) electrons. The second-order valence-electron chi connectivity index (χ2n) is 5.08. The molecule has 1 aromatic carbocycles. The molecule has 6 nitrogen and oxygen atoms in total. The largest absolute Gasteiger partial charge is 0.326 e. The van der Waals surface area contributed by atoms with Crippen molar-refractivity contribution in [1.29, 1.82) is 0 Å². The van der Waals surface area contributed by atoms with Gasteiger partial charge in [0.15, 0.2) is 0 Å². The number of nitrogens with one attached hydrogen (secondary N) is 2. The third kappa shape index (κ3) is 5.14. The van der Waals surface area contributed by atoms with Crippen LogP contribution in [-0.2, 0) is 11.2 Å². The van der Waals surface area contributed by atoms with Gasteiger partial charge in [-0.15, -0.1) is 10.2 Å². The molecule has 0 unspecified atom stereocenters. The molecule has 2 rings (SSSR count). The Morgan fingerprint density at radius 3 is 2.43 bits per heavy atom. The Kier molecular flexibility index (Phi) is 6.22. The molecule has 2 aromatic rings. The zero-order valence-corrected chi connectivity index (χ0v) is 14.1. The molecule has 0 saturated heterocycles. The van der Waals surface area contributed by atoms with Gasteiger partial charge in [-0.1, -0.05) is 25.2 Å². The minimum absolute atomic E-state index is 0.0259. The Balaban J connectivity index is 1.95. The van der Waals surface area contributed by atoms with Crippen molar-refractivity contribution >= 4 is 34.0 Å². The number of hydrogen-bond acceptors (Lipinski definition) is 5. The molecular formula is C16H20N4O2S. The van der Waals surface area contributed by atoms with Crippen LogP contribution >= 0.6 is 11.3 Å². The molecule has 7 heteroatoms. The lowest BCUT2D eigenvalue weighted by molar-refractivity contribution is -0.116. The van der Waals surface area contributed by atoms with Crippen molar-refractivity contribution in [3.63, 3.8) is 0 Å². The molecule has 0 aliphatic heterocycles. The van der Waals surface area contributed by atoms with Gasteiger partial charge in [-0.2, -0.15) is 0 Å². The lowest BCUT2D eigenvalue weighted by Gasteiger charge is -2.05. The van der Waals surface area contributed by atoms with E-state index in [4.69, 9.17) is 0 Å². The first-order valence-electron chi connectivity index (χ1n) is 7.66. The van der Waals surface area contributed by atoms with Crippen molar-refractivity contribution < 1.29 is 9.59 Å². The van der Waals surface area contributed by atoms with Crippen LogP contribution in [0.1, 0.15) is 48.5 Å². The number of rotatable bonds is 7. The summed E-state index contributed by atoms with van der Waals surface area (Å²) in [4.78, 5) is 23.7. The van der Waals surface area contributed by atoms with Crippen molar-refractivity contribution in [2.24, 2.45) is 0 Å². The summed E-state index contributed by atoms with van der Waals surface area (Å²) >= 11 is 1.39. The molecular weight excluding hydrogens is 312 g/mol. The standard InChI is InChI=1S/C16H20N4O2S/c1-3-5-13(21)17-12-9-7-11(8-10-12)15(22)18-16-20-19-14(23-16)6-4-2/h7-10H,3-6H2,1-2H3,(H,17,21)(H,18,20,22). The van der Waals surface area contributed by atoms with E-state index in [0.29, 0.717) is 22.8 Å².